The first-order chi connectivity index (χ1) is 17.0. The van der Waals surface area contributed by atoms with E-state index in [0.29, 0.717) is 23.2 Å². The Kier molecular flexibility index (Phi) is 7.52. The minimum atomic E-state index is -0.964. The van der Waals surface area contributed by atoms with E-state index in [0.717, 1.165) is 16.9 Å². The zero-order chi connectivity index (χ0) is 24.6. The molecule has 3 aromatic carbocycles. The molecule has 8 heteroatoms. The van der Waals surface area contributed by atoms with Gasteiger partial charge in [-0.25, -0.2) is 0 Å². The Balaban J connectivity index is 1.22. The largest absolute Gasteiger partial charge is 0.457 e. The lowest BCUT2D eigenvalue weighted by molar-refractivity contribution is -0.153. The van der Waals surface area contributed by atoms with Crippen LogP contribution in [0.3, 0.4) is 0 Å². The molecular formula is C27H25N3O5. The van der Waals surface area contributed by atoms with Crippen LogP contribution in [0.2, 0.25) is 0 Å². The van der Waals surface area contributed by atoms with Gasteiger partial charge in [0.15, 0.2) is 6.10 Å². The minimum Gasteiger partial charge on any atom is -0.457 e. The van der Waals surface area contributed by atoms with Gasteiger partial charge in [0, 0.05) is 17.7 Å². The zero-order valence-electron chi connectivity index (χ0n) is 19.4. The summed E-state index contributed by atoms with van der Waals surface area (Å²) in [6.45, 7) is 3.51. The predicted molar refractivity (Wildman–Crippen MR) is 130 cm³/mol. The standard InChI is InChI=1S/C27H25N3O5/c1-18-8-10-20(11-9-18)27-30-29-24(35-27)16-17-25(31)33-19(2)26(32)28-21-12-14-23(15-13-21)34-22-6-4-3-5-7-22/h3-15,19H,16-17H2,1-2H3,(H,28,32). The predicted octanol–water partition coefficient (Wildman–Crippen LogP) is 5.34. The van der Waals surface area contributed by atoms with E-state index in [9.17, 15) is 9.59 Å². The lowest BCUT2D eigenvalue weighted by atomic mass is 10.1. The van der Waals surface area contributed by atoms with Crippen LogP contribution in [0, 0.1) is 6.92 Å². The summed E-state index contributed by atoms with van der Waals surface area (Å²) in [6.07, 6.45) is -0.735. The first kappa shape index (κ1) is 23.7. The van der Waals surface area contributed by atoms with Crippen LogP contribution < -0.4 is 10.1 Å². The molecule has 1 amide bonds. The van der Waals surface area contributed by atoms with Gasteiger partial charge in [0.05, 0.1) is 6.42 Å². The maximum absolute atomic E-state index is 12.4. The molecular weight excluding hydrogens is 446 g/mol. The number of amides is 1. The molecule has 35 heavy (non-hydrogen) atoms. The lowest BCUT2D eigenvalue weighted by Gasteiger charge is -2.13. The molecule has 178 valence electrons. The van der Waals surface area contributed by atoms with Gasteiger partial charge < -0.3 is 19.2 Å². The Hall–Kier alpha value is -4.46. The molecule has 0 bridgehead atoms. The van der Waals surface area contributed by atoms with Crippen molar-refractivity contribution < 1.29 is 23.5 Å². The first-order valence-electron chi connectivity index (χ1n) is 11.2. The average molecular weight is 472 g/mol. The molecule has 1 heterocycles. The summed E-state index contributed by atoms with van der Waals surface area (Å²) in [5, 5.41) is 10.7. The summed E-state index contributed by atoms with van der Waals surface area (Å²) in [5.41, 5.74) is 2.50. The highest BCUT2D eigenvalue weighted by Gasteiger charge is 2.19. The van der Waals surface area contributed by atoms with Crippen molar-refractivity contribution in [2.75, 3.05) is 5.32 Å². The number of aromatic nitrogens is 2. The number of aryl methyl sites for hydroxylation is 2. The second kappa shape index (κ2) is 11.1. The SMILES string of the molecule is Cc1ccc(-c2nnc(CCC(=O)OC(C)C(=O)Nc3ccc(Oc4ccccc4)cc3)o2)cc1. The fraction of sp³-hybridized carbons (Fsp3) is 0.185. The second-order valence-electron chi connectivity index (χ2n) is 7.93. The molecule has 8 nitrogen and oxygen atoms in total. The fourth-order valence-corrected chi connectivity index (χ4v) is 3.16. The van der Waals surface area contributed by atoms with Gasteiger partial charge in [-0.05, 0) is 62.4 Å². The van der Waals surface area contributed by atoms with Crippen LogP contribution in [-0.4, -0.2) is 28.2 Å². The van der Waals surface area contributed by atoms with Crippen molar-refractivity contribution in [2.24, 2.45) is 0 Å². The number of nitrogens with zero attached hydrogens (tertiary/aromatic N) is 2. The van der Waals surface area contributed by atoms with E-state index in [2.05, 4.69) is 15.5 Å². The van der Waals surface area contributed by atoms with Crippen molar-refractivity contribution in [3.8, 4) is 23.0 Å². The van der Waals surface area contributed by atoms with Crippen LogP contribution in [0.15, 0.2) is 83.3 Å². The summed E-state index contributed by atoms with van der Waals surface area (Å²) in [4.78, 5) is 24.6. The van der Waals surface area contributed by atoms with Gasteiger partial charge in [0.2, 0.25) is 11.8 Å². The topological polar surface area (TPSA) is 104 Å². The first-order valence-corrected chi connectivity index (χ1v) is 11.2. The lowest BCUT2D eigenvalue weighted by Crippen LogP contribution is -2.30. The molecule has 0 fully saturated rings. The monoisotopic (exact) mass is 471 g/mol. The quantitative estimate of drug-likeness (QED) is 0.329. The highest BCUT2D eigenvalue weighted by molar-refractivity contribution is 5.95. The van der Waals surface area contributed by atoms with Crippen LogP contribution in [0.25, 0.3) is 11.5 Å². The van der Waals surface area contributed by atoms with E-state index in [1.165, 1.54) is 6.92 Å². The van der Waals surface area contributed by atoms with Crippen LogP contribution in [-0.2, 0) is 20.7 Å². The van der Waals surface area contributed by atoms with Crippen LogP contribution >= 0.6 is 0 Å². The normalized spacial score (nSPS) is 11.5. The van der Waals surface area contributed by atoms with Gasteiger partial charge in [0.25, 0.3) is 5.91 Å². The molecule has 0 spiro atoms. The number of benzene rings is 3. The Morgan fingerprint density at radius 3 is 2.31 bits per heavy atom. The molecule has 0 radical (unpaired) electrons. The maximum atomic E-state index is 12.4. The number of hydrogen-bond acceptors (Lipinski definition) is 7. The third-order valence-corrected chi connectivity index (χ3v) is 5.09. The van der Waals surface area contributed by atoms with E-state index in [4.69, 9.17) is 13.9 Å². The molecule has 4 aromatic rings. The van der Waals surface area contributed by atoms with Gasteiger partial charge in [-0.1, -0.05) is 35.9 Å². The number of ether oxygens (including phenoxy) is 2. The van der Waals surface area contributed by atoms with Crippen LogP contribution in [0.1, 0.15) is 24.8 Å². The molecule has 0 aliphatic heterocycles. The summed E-state index contributed by atoms with van der Waals surface area (Å²) >= 11 is 0. The van der Waals surface area contributed by atoms with Crippen molar-refractivity contribution in [3.63, 3.8) is 0 Å². The van der Waals surface area contributed by atoms with Gasteiger partial charge in [-0.2, -0.15) is 0 Å². The number of rotatable bonds is 9. The number of carbonyl (C=O) groups is 2. The van der Waals surface area contributed by atoms with E-state index < -0.39 is 18.0 Å². The average Bonchev–Trinajstić information content (AvgIpc) is 3.34. The number of carbonyl (C=O) groups excluding carboxylic acids is 2. The maximum Gasteiger partial charge on any atom is 0.307 e. The Bertz CT molecular complexity index is 1270. The Labute approximate surface area is 202 Å². The van der Waals surface area contributed by atoms with Gasteiger partial charge in [-0.15, -0.1) is 10.2 Å². The number of anilines is 1. The number of para-hydroxylation sites is 1. The Morgan fingerprint density at radius 1 is 0.914 bits per heavy atom. The van der Waals surface area contributed by atoms with Crippen molar-refractivity contribution >= 4 is 17.6 Å². The van der Waals surface area contributed by atoms with Gasteiger partial charge in [-0.3, -0.25) is 9.59 Å². The second-order valence-corrected chi connectivity index (χ2v) is 7.93. The molecule has 4 rings (SSSR count). The molecule has 0 aliphatic rings. The summed E-state index contributed by atoms with van der Waals surface area (Å²) in [5.74, 6) is 1.11. The molecule has 1 aromatic heterocycles. The minimum absolute atomic E-state index is 0.0126. The van der Waals surface area contributed by atoms with Crippen molar-refractivity contribution in [1.29, 1.82) is 0 Å². The van der Waals surface area contributed by atoms with Gasteiger partial charge in [0.1, 0.15) is 11.5 Å². The molecule has 0 saturated carbocycles. The summed E-state index contributed by atoms with van der Waals surface area (Å²) in [6, 6.07) is 24.0. The zero-order valence-corrected chi connectivity index (χ0v) is 19.4. The fourth-order valence-electron chi connectivity index (χ4n) is 3.16. The van der Waals surface area contributed by atoms with Crippen molar-refractivity contribution in [3.05, 3.63) is 90.3 Å². The van der Waals surface area contributed by atoms with Gasteiger partial charge >= 0.3 is 5.97 Å². The van der Waals surface area contributed by atoms with Crippen molar-refractivity contribution in [2.45, 2.75) is 32.8 Å². The van der Waals surface area contributed by atoms with E-state index in [-0.39, 0.29) is 12.8 Å². The van der Waals surface area contributed by atoms with E-state index in [1.807, 2.05) is 61.5 Å². The number of hydrogen-bond donors (Lipinski definition) is 1. The van der Waals surface area contributed by atoms with Crippen LogP contribution in [0.4, 0.5) is 5.69 Å². The molecule has 0 saturated heterocycles. The summed E-state index contributed by atoms with van der Waals surface area (Å²) in [7, 11) is 0. The highest BCUT2D eigenvalue weighted by atomic mass is 16.5. The molecule has 1 atom stereocenters. The van der Waals surface area contributed by atoms with Crippen LogP contribution in [0.5, 0.6) is 11.5 Å². The molecule has 1 N–H and O–H groups in total. The van der Waals surface area contributed by atoms with E-state index >= 15 is 0 Å². The third-order valence-electron chi connectivity index (χ3n) is 5.09. The van der Waals surface area contributed by atoms with E-state index in [1.54, 1.807) is 24.3 Å². The molecule has 0 aliphatic carbocycles. The Morgan fingerprint density at radius 2 is 1.60 bits per heavy atom. The number of nitrogens with one attached hydrogen (secondary N) is 1. The summed E-state index contributed by atoms with van der Waals surface area (Å²) < 4.78 is 16.6. The van der Waals surface area contributed by atoms with Crippen molar-refractivity contribution in [1.82, 2.24) is 10.2 Å². The molecule has 1 unspecified atom stereocenters. The highest BCUT2D eigenvalue weighted by Crippen LogP contribution is 2.23. The third kappa shape index (κ3) is 6.77. The number of esters is 1. The smallest absolute Gasteiger partial charge is 0.307 e.